The first kappa shape index (κ1) is 17.8. The fourth-order valence-corrected chi connectivity index (χ4v) is 3.76. The summed E-state index contributed by atoms with van der Waals surface area (Å²) in [7, 11) is 0. The molecular weight excluding hydrogens is 327 g/mol. The number of halogens is 1. The summed E-state index contributed by atoms with van der Waals surface area (Å²) in [6.45, 7) is 4.44. The van der Waals surface area contributed by atoms with Crippen LogP contribution in [0.5, 0.6) is 0 Å². The lowest BCUT2D eigenvalue weighted by atomic mass is 9.96. The van der Waals surface area contributed by atoms with Crippen LogP contribution in [0.1, 0.15) is 36.5 Å². The maximum absolute atomic E-state index is 14.1. The van der Waals surface area contributed by atoms with Crippen LogP contribution in [0.3, 0.4) is 0 Å². The van der Waals surface area contributed by atoms with Crippen LogP contribution in [0.4, 0.5) is 4.39 Å². The molecule has 2 fully saturated rings. The summed E-state index contributed by atoms with van der Waals surface area (Å²) < 4.78 is 19.9. The molecule has 2 aliphatic heterocycles. The van der Waals surface area contributed by atoms with E-state index in [2.05, 4.69) is 11.8 Å². The van der Waals surface area contributed by atoms with Crippen LogP contribution < -0.4 is 0 Å². The van der Waals surface area contributed by atoms with Gasteiger partial charge in [-0.1, -0.05) is 19.1 Å². The summed E-state index contributed by atoms with van der Waals surface area (Å²) in [5.41, 5.74) is -1.08. The number of likely N-dealkylation sites (tertiary alicyclic amines) is 1. The average Bonchev–Trinajstić information content (AvgIpc) is 2.96. The number of aliphatic carboxylic acids is 1. The maximum Gasteiger partial charge on any atom is 0.328 e. The summed E-state index contributed by atoms with van der Waals surface area (Å²) in [5.74, 6) is -2.40. The van der Waals surface area contributed by atoms with Gasteiger partial charge in [0.05, 0.1) is 12.2 Å². The van der Waals surface area contributed by atoms with Gasteiger partial charge in [-0.15, -0.1) is 0 Å². The highest BCUT2D eigenvalue weighted by atomic mass is 19.1. The fraction of sp³-hybridized carbons (Fsp3) is 0.556. The minimum atomic E-state index is -1.13. The predicted molar refractivity (Wildman–Crippen MR) is 88.6 cm³/mol. The van der Waals surface area contributed by atoms with E-state index in [1.165, 1.54) is 23.1 Å². The second kappa shape index (κ2) is 7.09. The third-order valence-electron chi connectivity index (χ3n) is 5.05. The Bertz CT molecular complexity index is 658. The molecule has 1 spiro atoms. The van der Waals surface area contributed by atoms with Gasteiger partial charge in [0.2, 0.25) is 0 Å². The Kier molecular flexibility index (Phi) is 5.06. The molecule has 0 saturated carbocycles. The molecule has 3 rings (SSSR count). The zero-order valence-corrected chi connectivity index (χ0v) is 14.3. The number of piperidine rings is 1. The van der Waals surface area contributed by atoms with Crippen molar-refractivity contribution in [1.29, 1.82) is 0 Å². The summed E-state index contributed by atoms with van der Waals surface area (Å²) in [6.07, 6.45) is 2.08. The molecule has 2 aliphatic rings. The molecular formula is C18H23FN2O4. The number of amides is 1. The first-order valence-corrected chi connectivity index (χ1v) is 8.66. The molecule has 0 aliphatic carbocycles. The second-order valence-corrected chi connectivity index (χ2v) is 6.61. The van der Waals surface area contributed by atoms with Gasteiger partial charge in [-0.05, 0) is 25.1 Å². The lowest BCUT2D eigenvalue weighted by Gasteiger charge is -2.44. The Hall–Kier alpha value is -1.99. The molecule has 1 amide bonds. The van der Waals surface area contributed by atoms with E-state index < -0.39 is 29.5 Å². The highest BCUT2D eigenvalue weighted by Gasteiger charge is 2.54. The van der Waals surface area contributed by atoms with Crippen LogP contribution >= 0.6 is 0 Å². The first-order chi connectivity index (χ1) is 12.0. The quantitative estimate of drug-likeness (QED) is 0.899. The molecule has 25 heavy (non-hydrogen) atoms. The van der Waals surface area contributed by atoms with Crippen LogP contribution in [-0.2, 0) is 9.53 Å². The van der Waals surface area contributed by atoms with Crippen molar-refractivity contribution < 1.29 is 23.8 Å². The lowest BCUT2D eigenvalue weighted by molar-refractivity contribution is -0.143. The average molecular weight is 350 g/mol. The van der Waals surface area contributed by atoms with Crippen molar-refractivity contribution in [2.45, 2.75) is 38.0 Å². The Balaban J connectivity index is 1.90. The highest BCUT2D eigenvalue weighted by molar-refractivity contribution is 5.97. The fourth-order valence-electron chi connectivity index (χ4n) is 3.76. The molecule has 0 aromatic heterocycles. The monoisotopic (exact) mass is 350 g/mol. The Morgan fingerprint density at radius 1 is 1.32 bits per heavy atom. The van der Waals surface area contributed by atoms with E-state index in [-0.39, 0.29) is 12.2 Å². The van der Waals surface area contributed by atoms with Gasteiger partial charge < -0.3 is 14.7 Å². The van der Waals surface area contributed by atoms with E-state index in [0.717, 1.165) is 26.1 Å². The molecule has 1 aromatic rings. The van der Waals surface area contributed by atoms with Crippen LogP contribution in [0.2, 0.25) is 0 Å². The number of rotatable bonds is 4. The molecule has 6 nitrogen and oxygen atoms in total. The molecule has 0 bridgehead atoms. The Morgan fingerprint density at radius 3 is 2.60 bits per heavy atom. The summed E-state index contributed by atoms with van der Waals surface area (Å²) in [6, 6.07) is 4.57. The van der Waals surface area contributed by atoms with Crippen molar-refractivity contribution in [2.24, 2.45) is 0 Å². The molecule has 1 atom stereocenters. The Morgan fingerprint density at radius 2 is 2.00 bits per heavy atom. The molecule has 1 aromatic carbocycles. The molecule has 2 heterocycles. The number of ether oxygens (including phenoxy) is 1. The van der Waals surface area contributed by atoms with Crippen molar-refractivity contribution >= 4 is 11.9 Å². The number of carboxylic acids is 1. The number of carbonyl (C=O) groups is 2. The zero-order chi connectivity index (χ0) is 18.0. The molecule has 0 radical (unpaired) electrons. The molecule has 0 unspecified atom stereocenters. The number of benzene rings is 1. The van der Waals surface area contributed by atoms with Gasteiger partial charge in [-0.2, -0.15) is 0 Å². The molecule has 1 N–H and O–H groups in total. The summed E-state index contributed by atoms with van der Waals surface area (Å²) >= 11 is 0. The SMILES string of the molecule is CCCN1CCC2(CC1)OC[C@H](C(=O)O)N2C(=O)c1ccccc1F. The van der Waals surface area contributed by atoms with Crippen molar-refractivity contribution in [2.75, 3.05) is 26.2 Å². The number of hydrogen-bond donors (Lipinski definition) is 1. The van der Waals surface area contributed by atoms with Crippen LogP contribution in [-0.4, -0.2) is 64.8 Å². The third-order valence-corrected chi connectivity index (χ3v) is 5.05. The number of carbonyl (C=O) groups excluding carboxylic acids is 1. The van der Waals surface area contributed by atoms with Gasteiger partial charge in [0.15, 0.2) is 6.04 Å². The van der Waals surface area contributed by atoms with Crippen molar-refractivity contribution in [3.63, 3.8) is 0 Å². The van der Waals surface area contributed by atoms with E-state index in [9.17, 15) is 19.1 Å². The van der Waals surface area contributed by atoms with Crippen LogP contribution in [0, 0.1) is 5.82 Å². The Labute approximate surface area is 146 Å². The number of hydrogen-bond acceptors (Lipinski definition) is 4. The predicted octanol–water partition coefficient (Wildman–Crippen LogP) is 1.95. The largest absolute Gasteiger partial charge is 0.480 e. The van der Waals surface area contributed by atoms with Gasteiger partial charge in [-0.3, -0.25) is 9.69 Å². The van der Waals surface area contributed by atoms with E-state index >= 15 is 0 Å². The minimum Gasteiger partial charge on any atom is -0.480 e. The molecule has 7 heteroatoms. The van der Waals surface area contributed by atoms with E-state index in [0.29, 0.717) is 12.8 Å². The number of carboxylic acid groups (broad SMARTS) is 1. The summed E-state index contributed by atoms with van der Waals surface area (Å²) in [4.78, 5) is 28.2. The van der Waals surface area contributed by atoms with Crippen LogP contribution in [0.25, 0.3) is 0 Å². The number of nitrogens with zero attached hydrogens (tertiary/aromatic N) is 2. The first-order valence-electron chi connectivity index (χ1n) is 8.66. The third kappa shape index (κ3) is 3.26. The van der Waals surface area contributed by atoms with Crippen LogP contribution in [0.15, 0.2) is 24.3 Å². The highest BCUT2D eigenvalue weighted by Crippen LogP contribution is 2.38. The maximum atomic E-state index is 14.1. The normalized spacial score (nSPS) is 23.1. The molecule has 136 valence electrons. The van der Waals surface area contributed by atoms with E-state index in [4.69, 9.17) is 4.74 Å². The lowest BCUT2D eigenvalue weighted by Crippen LogP contribution is -2.58. The topological polar surface area (TPSA) is 70.1 Å². The van der Waals surface area contributed by atoms with Gasteiger partial charge in [0.1, 0.15) is 11.5 Å². The van der Waals surface area contributed by atoms with Crippen molar-refractivity contribution in [1.82, 2.24) is 9.80 Å². The zero-order valence-electron chi connectivity index (χ0n) is 14.3. The van der Waals surface area contributed by atoms with Gasteiger partial charge in [0, 0.05) is 25.9 Å². The van der Waals surface area contributed by atoms with Crippen molar-refractivity contribution in [3.8, 4) is 0 Å². The van der Waals surface area contributed by atoms with Gasteiger partial charge in [-0.25, -0.2) is 9.18 Å². The smallest absolute Gasteiger partial charge is 0.328 e. The summed E-state index contributed by atoms with van der Waals surface area (Å²) in [5, 5.41) is 9.52. The standard InChI is InChI=1S/C18H23FN2O4/c1-2-9-20-10-7-18(8-11-20)21(15(12-25-18)17(23)24)16(22)13-5-3-4-6-14(13)19/h3-6,15H,2,7-12H2,1H3,(H,23,24)/t15-/m1/s1. The second-order valence-electron chi connectivity index (χ2n) is 6.61. The van der Waals surface area contributed by atoms with Gasteiger partial charge >= 0.3 is 5.97 Å². The molecule has 2 saturated heterocycles. The minimum absolute atomic E-state index is 0.0662. The van der Waals surface area contributed by atoms with E-state index in [1.807, 2.05) is 0 Å². The van der Waals surface area contributed by atoms with E-state index in [1.54, 1.807) is 6.07 Å². The van der Waals surface area contributed by atoms with Crippen molar-refractivity contribution in [3.05, 3.63) is 35.6 Å². The van der Waals surface area contributed by atoms with Gasteiger partial charge in [0.25, 0.3) is 5.91 Å².